The lowest BCUT2D eigenvalue weighted by Gasteiger charge is -2.32. The number of likely N-dealkylation sites (tertiary alicyclic amines) is 1. The van der Waals surface area contributed by atoms with Crippen molar-refractivity contribution in [2.24, 2.45) is 0 Å². The summed E-state index contributed by atoms with van der Waals surface area (Å²) in [6.07, 6.45) is 4.01. The van der Waals surface area contributed by atoms with E-state index in [1.807, 2.05) is 11.4 Å². The van der Waals surface area contributed by atoms with Crippen LogP contribution in [0.3, 0.4) is 0 Å². The third-order valence-electron chi connectivity index (χ3n) is 4.63. The third-order valence-corrected chi connectivity index (χ3v) is 5.64. The fraction of sp³-hybridized carbons (Fsp3) is 0.421. The Balaban J connectivity index is 1.80. The molecule has 0 saturated carbocycles. The SMILES string of the molecule is CC(=O)c1sccc1-c1ccc([C@@H](C)N2CCCCC2)cc1. The summed E-state index contributed by atoms with van der Waals surface area (Å²) in [6.45, 7) is 6.36. The van der Waals surface area contributed by atoms with Gasteiger partial charge in [-0.1, -0.05) is 30.7 Å². The number of carbonyl (C=O) groups is 1. The number of Topliss-reactive ketones (excluding diaryl/α,β-unsaturated/α-hetero) is 1. The maximum atomic E-state index is 11.7. The van der Waals surface area contributed by atoms with Crippen molar-refractivity contribution in [1.82, 2.24) is 4.90 Å². The summed E-state index contributed by atoms with van der Waals surface area (Å²) in [4.78, 5) is 15.1. The van der Waals surface area contributed by atoms with Crippen LogP contribution in [0.4, 0.5) is 0 Å². The Labute approximate surface area is 136 Å². The van der Waals surface area contributed by atoms with Crippen molar-refractivity contribution in [3.05, 3.63) is 46.2 Å². The summed E-state index contributed by atoms with van der Waals surface area (Å²) >= 11 is 1.53. The Morgan fingerprint density at radius 1 is 1.09 bits per heavy atom. The van der Waals surface area contributed by atoms with E-state index in [1.165, 1.54) is 49.3 Å². The van der Waals surface area contributed by atoms with Gasteiger partial charge in [-0.3, -0.25) is 9.69 Å². The van der Waals surface area contributed by atoms with Crippen LogP contribution in [-0.4, -0.2) is 23.8 Å². The minimum Gasteiger partial charge on any atom is -0.297 e. The normalized spacial score (nSPS) is 17.4. The number of ketones is 1. The molecule has 3 rings (SSSR count). The van der Waals surface area contributed by atoms with E-state index in [9.17, 15) is 4.79 Å². The fourth-order valence-corrected chi connectivity index (χ4v) is 4.09. The molecule has 0 spiro atoms. The molecule has 3 heteroatoms. The van der Waals surface area contributed by atoms with E-state index in [0.717, 1.165) is 16.0 Å². The second-order valence-corrected chi connectivity index (χ2v) is 7.03. The fourth-order valence-electron chi connectivity index (χ4n) is 3.27. The largest absolute Gasteiger partial charge is 0.297 e. The Kier molecular flexibility index (Phi) is 4.74. The van der Waals surface area contributed by atoms with E-state index in [4.69, 9.17) is 0 Å². The zero-order valence-electron chi connectivity index (χ0n) is 13.3. The predicted octanol–water partition coefficient (Wildman–Crippen LogP) is 5.16. The van der Waals surface area contributed by atoms with E-state index in [0.29, 0.717) is 6.04 Å². The summed E-state index contributed by atoms with van der Waals surface area (Å²) < 4.78 is 0. The molecule has 22 heavy (non-hydrogen) atoms. The van der Waals surface area contributed by atoms with Crippen LogP contribution < -0.4 is 0 Å². The van der Waals surface area contributed by atoms with Crippen molar-refractivity contribution >= 4 is 17.1 Å². The van der Waals surface area contributed by atoms with Crippen LogP contribution in [0.2, 0.25) is 0 Å². The third kappa shape index (κ3) is 3.16. The van der Waals surface area contributed by atoms with Crippen LogP contribution >= 0.6 is 11.3 Å². The molecule has 0 bridgehead atoms. The molecule has 1 aromatic carbocycles. The zero-order chi connectivity index (χ0) is 15.5. The minimum atomic E-state index is 0.149. The van der Waals surface area contributed by atoms with E-state index >= 15 is 0 Å². The molecule has 2 aromatic rings. The molecular weight excluding hydrogens is 290 g/mol. The maximum absolute atomic E-state index is 11.7. The lowest BCUT2D eigenvalue weighted by atomic mass is 9.99. The molecule has 0 aliphatic carbocycles. The molecule has 2 heterocycles. The number of piperidine rings is 1. The van der Waals surface area contributed by atoms with Crippen molar-refractivity contribution in [3.8, 4) is 11.1 Å². The van der Waals surface area contributed by atoms with Gasteiger partial charge >= 0.3 is 0 Å². The lowest BCUT2D eigenvalue weighted by Crippen LogP contribution is -2.32. The van der Waals surface area contributed by atoms with E-state index in [1.54, 1.807) is 6.92 Å². The summed E-state index contributed by atoms with van der Waals surface area (Å²) in [5.74, 6) is 0.149. The molecule has 1 aromatic heterocycles. The summed E-state index contributed by atoms with van der Waals surface area (Å²) in [6, 6.07) is 11.3. The van der Waals surface area contributed by atoms with Crippen LogP contribution in [-0.2, 0) is 0 Å². The van der Waals surface area contributed by atoms with Crippen LogP contribution in [0.15, 0.2) is 35.7 Å². The van der Waals surface area contributed by atoms with E-state index < -0.39 is 0 Å². The monoisotopic (exact) mass is 313 g/mol. The predicted molar refractivity (Wildman–Crippen MR) is 93.6 cm³/mol. The van der Waals surface area contributed by atoms with Gasteiger partial charge in [-0.15, -0.1) is 11.3 Å². The highest BCUT2D eigenvalue weighted by Crippen LogP contribution is 2.31. The van der Waals surface area contributed by atoms with Gasteiger partial charge in [0.15, 0.2) is 5.78 Å². The van der Waals surface area contributed by atoms with Gasteiger partial charge in [0.1, 0.15) is 0 Å². The van der Waals surface area contributed by atoms with Crippen LogP contribution in [0, 0.1) is 0 Å². The maximum Gasteiger partial charge on any atom is 0.170 e. The van der Waals surface area contributed by atoms with Gasteiger partial charge in [-0.05, 0) is 62.4 Å². The second-order valence-electron chi connectivity index (χ2n) is 6.11. The van der Waals surface area contributed by atoms with Gasteiger partial charge < -0.3 is 0 Å². The topological polar surface area (TPSA) is 20.3 Å². The first-order valence-corrected chi connectivity index (χ1v) is 8.97. The lowest BCUT2D eigenvalue weighted by molar-refractivity contribution is 0.102. The molecule has 0 amide bonds. The van der Waals surface area contributed by atoms with Crippen molar-refractivity contribution in [3.63, 3.8) is 0 Å². The van der Waals surface area contributed by atoms with Crippen LogP contribution in [0.25, 0.3) is 11.1 Å². The number of rotatable bonds is 4. The smallest absolute Gasteiger partial charge is 0.170 e. The zero-order valence-corrected chi connectivity index (χ0v) is 14.2. The number of hydrogen-bond donors (Lipinski definition) is 0. The van der Waals surface area contributed by atoms with E-state index in [2.05, 4.69) is 36.1 Å². The highest BCUT2D eigenvalue weighted by Gasteiger charge is 2.18. The standard InChI is InChI=1S/C19H23NOS/c1-14(20-11-4-3-5-12-20)16-6-8-17(9-7-16)18-10-13-22-19(18)15(2)21/h6-10,13-14H,3-5,11-12H2,1-2H3/t14-/m1/s1. The molecule has 2 nitrogen and oxygen atoms in total. The highest BCUT2D eigenvalue weighted by molar-refractivity contribution is 7.12. The molecule has 1 atom stereocenters. The number of hydrogen-bond acceptors (Lipinski definition) is 3. The Morgan fingerprint density at radius 3 is 2.41 bits per heavy atom. The molecular formula is C19H23NOS. The number of thiophene rings is 1. The summed E-state index contributed by atoms with van der Waals surface area (Å²) in [5.41, 5.74) is 3.57. The average molecular weight is 313 g/mol. The quantitative estimate of drug-likeness (QED) is 0.726. The van der Waals surface area contributed by atoms with Crippen molar-refractivity contribution < 1.29 is 4.79 Å². The second kappa shape index (κ2) is 6.76. The molecule has 0 radical (unpaired) electrons. The van der Waals surface area contributed by atoms with Gasteiger partial charge in [0, 0.05) is 11.6 Å². The van der Waals surface area contributed by atoms with Gasteiger partial charge in [-0.25, -0.2) is 0 Å². The average Bonchev–Trinajstić information content (AvgIpc) is 3.05. The first kappa shape index (κ1) is 15.4. The van der Waals surface area contributed by atoms with Crippen molar-refractivity contribution in [2.75, 3.05) is 13.1 Å². The first-order valence-electron chi connectivity index (χ1n) is 8.09. The highest BCUT2D eigenvalue weighted by atomic mass is 32.1. The molecule has 1 aliphatic rings. The molecule has 1 saturated heterocycles. The minimum absolute atomic E-state index is 0.149. The van der Waals surface area contributed by atoms with Gasteiger partial charge in [0.25, 0.3) is 0 Å². The number of benzene rings is 1. The van der Waals surface area contributed by atoms with Gasteiger partial charge in [0.05, 0.1) is 4.88 Å². The number of carbonyl (C=O) groups excluding carboxylic acids is 1. The van der Waals surface area contributed by atoms with Crippen molar-refractivity contribution in [2.45, 2.75) is 39.2 Å². The van der Waals surface area contributed by atoms with Crippen molar-refractivity contribution in [1.29, 1.82) is 0 Å². The van der Waals surface area contributed by atoms with Gasteiger partial charge in [-0.2, -0.15) is 0 Å². The molecule has 1 aliphatic heterocycles. The first-order chi connectivity index (χ1) is 10.7. The number of nitrogens with zero attached hydrogens (tertiary/aromatic N) is 1. The summed E-state index contributed by atoms with van der Waals surface area (Å²) in [5, 5.41) is 2.00. The van der Waals surface area contributed by atoms with Crippen LogP contribution in [0.1, 0.15) is 54.4 Å². The Hall–Kier alpha value is -1.45. The molecule has 116 valence electrons. The van der Waals surface area contributed by atoms with E-state index in [-0.39, 0.29) is 5.78 Å². The van der Waals surface area contributed by atoms with Crippen LogP contribution in [0.5, 0.6) is 0 Å². The molecule has 0 unspecified atom stereocenters. The van der Waals surface area contributed by atoms with Gasteiger partial charge in [0.2, 0.25) is 0 Å². The molecule has 0 N–H and O–H groups in total. The summed E-state index contributed by atoms with van der Waals surface area (Å²) in [7, 11) is 0. The Bertz CT molecular complexity index is 638. The molecule has 1 fully saturated rings. The Morgan fingerprint density at radius 2 is 1.77 bits per heavy atom.